The summed E-state index contributed by atoms with van der Waals surface area (Å²) in [6.07, 6.45) is 6.49. The van der Waals surface area contributed by atoms with E-state index in [1.54, 1.807) is 6.07 Å². The number of aromatic nitrogens is 1. The van der Waals surface area contributed by atoms with Crippen LogP contribution in [0.2, 0.25) is 0 Å². The van der Waals surface area contributed by atoms with Crippen molar-refractivity contribution in [3.8, 4) is 0 Å². The predicted molar refractivity (Wildman–Crippen MR) is 115 cm³/mol. The SMILES string of the molecule is Cc1[nH]c2ccc(F)cc2c1C(=O)OC1CC2CCCC(C1)N2C.O=C(O)/C=C\C(=O)O. The summed E-state index contributed by atoms with van der Waals surface area (Å²) in [4.78, 5) is 37.4. The number of esters is 1. The molecular formula is C23H27FN2O6. The Morgan fingerprint density at radius 2 is 1.72 bits per heavy atom. The van der Waals surface area contributed by atoms with Crippen LogP contribution >= 0.6 is 0 Å². The first-order valence-corrected chi connectivity index (χ1v) is 10.5. The van der Waals surface area contributed by atoms with Crippen LogP contribution in [0.15, 0.2) is 30.4 Å². The summed E-state index contributed by atoms with van der Waals surface area (Å²) in [5.41, 5.74) is 1.96. The van der Waals surface area contributed by atoms with Crippen molar-refractivity contribution in [1.82, 2.24) is 9.88 Å². The van der Waals surface area contributed by atoms with Gasteiger partial charge >= 0.3 is 17.9 Å². The number of nitrogens with zero attached hydrogens (tertiary/aromatic N) is 1. The molecule has 0 spiro atoms. The van der Waals surface area contributed by atoms with E-state index < -0.39 is 11.9 Å². The minimum Gasteiger partial charge on any atom is -0.478 e. The molecule has 2 atom stereocenters. The number of ether oxygens (including phenoxy) is 1. The molecular weight excluding hydrogens is 419 g/mol. The van der Waals surface area contributed by atoms with Gasteiger partial charge in [0.25, 0.3) is 0 Å². The number of nitrogens with one attached hydrogen (secondary N) is 1. The maximum Gasteiger partial charge on any atom is 0.340 e. The molecule has 2 aliphatic heterocycles. The Kier molecular flexibility index (Phi) is 7.29. The van der Waals surface area contributed by atoms with Crippen LogP contribution in [0.3, 0.4) is 0 Å². The number of carboxylic acid groups (broad SMARTS) is 2. The highest BCUT2D eigenvalue weighted by Gasteiger charge is 2.38. The molecule has 1 aromatic heterocycles. The molecule has 8 nitrogen and oxygen atoms in total. The topological polar surface area (TPSA) is 120 Å². The normalized spacial score (nSPS) is 22.9. The number of aryl methyl sites for hydroxylation is 1. The van der Waals surface area contributed by atoms with Crippen molar-refractivity contribution >= 4 is 28.8 Å². The largest absolute Gasteiger partial charge is 0.478 e. The Bertz CT molecular complexity index is 1020. The average molecular weight is 446 g/mol. The minimum atomic E-state index is -1.26. The fourth-order valence-electron chi connectivity index (χ4n) is 4.58. The van der Waals surface area contributed by atoms with Gasteiger partial charge in [-0.1, -0.05) is 6.42 Å². The van der Waals surface area contributed by atoms with Gasteiger partial charge in [0.05, 0.1) is 5.56 Å². The zero-order chi connectivity index (χ0) is 23.4. The van der Waals surface area contributed by atoms with E-state index in [2.05, 4.69) is 16.9 Å². The summed E-state index contributed by atoms with van der Waals surface area (Å²) in [5, 5.41) is 16.2. The van der Waals surface area contributed by atoms with Gasteiger partial charge in [0.2, 0.25) is 0 Å². The molecule has 0 amide bonds. The minimum absolute atomic E-state index is 0.0399. The van der Waals surface area contributed by atoms with Crippen molar-refractivity contribution in [1.29, 1.82) is 0 Å². The molecule has 9 heteroatoms. The van der Waals surface area contributed by atoms with Crippen molar-refractivity contribution < 1.29 is 33.7 Å². The van der Waals surface area contributed by atoms with Crippen LogP contribution in [0.4, 0.5) is 4.39 Å². The smallest absolute Gasteiger partial charge is 0.340 e. The third-order valence-electron chi connectivity index (χ3n) is 6.09. The summed E-state index contributed by atoms with van der Waals surface area (Å²) in [6.45, 7) is 1.83. The maximum atomic E-state index is 13.6. The standard InChI is InChI=1S/C19H23FN2O2.C4H4O4/c1-11-18(16-8-12(20)6-7-17(16)21-11)19(23)24-15-9-13-4-3-5-14(10-15)22(13)2;5-3(6)1-2-4(7)8/h6-8,13-15,21H,3-5,9-10H2,1-2H3;1-2H,(H,5,6)(H,7,8)/b;2-1-. The lowest BCUT2D eigenvalue weighted by molar-refractivity contribution is -0.134. The maximum absolute atomic E-state index is 13.6. The lowest BCUT2D eigenvalue weighted by Crippen LogP contribution is -2.52. The molecule has 2 aromatic rings. The van der Waals surface area contributed by atoms with Gasteiger partial charge in [-0.15, -0.1) is 0 Å². The van der Waals surface area contributed by atoms with E-state index in [4.69, 9.17) is 14.9 Å². The molecule has 3 N–H and O–H groups in total. The number of halogens is 1. The number of carboxylic acids is 2. The number of rotatable bonds is 4. The highest BCUT2D eigenvalue weighted by Crippen LogP contribution is 2.34. The Balaban J connectivity index is 0.000000312. The van der Waals surface area contributed by atoms with E-state index in [-0.39, 0.29) is 17.9 Å². The third-order valence-corrected chi connectivity index (χ3v) is 6.09. The molecule has 2 fully saturated rings. The second kappa shape index (κ2) is 9.95. The summed E-state index contributed by atoms with van der Waals surface area (Å²) >= 11 is 0. The van der Waals surface area contributed by atoms with Crippen LogP contribution in [-0.4, -0.2) is 63.2 Å². The summed E-state index contributed by atoms with van der Waals surface area (Å²) < 4.78 is 19.4. The molecule has 0 radical (unpaired) electrons. The number of hydrogen-bond acceptors (Lipinski definition) is 5. The fourth-order valence-corrected chi connectivity index (χ4v) is 4.58. The third kappa shape index (κ3) is 5.53. The molecule has 1 aromatic carbocycles. The Labute approximate surface area is 184 Å². The number of fused-ring (bicyclic) bond motifs is 3. The van der Waals surface area contributed by atoms with Crippen molar-refractivity contribution in [3.05, 3.63) is 47.4 Å². The molecule has 32 heavy (non-hydrogen) atoms. The number of carbonyl (C=O) groups excluding carboxylic acids is 1. The molecule has 2 bridgehead atoms. The van der Waals surface area contributed by atoms with Gasteiger partial charge in [-0.3, -0.25) is 0 Å². The number of benzene rings is 1. The van der Waals surface area contributed by atoms with Gasteiger partial charge < -0.3 is 24.8 Å². The van der Waals surface area contributed by atoms with Crippen LogP contribution in [0.1, 0.15) is 48.2 Å². The van der Waals surface area contributed by atoms with E-state index in [0.717, 1.165) is 24.1 Å². The quantitative estimate of drug-likeness (QED) is 0.486. The molecule has 0 aliphatic carbocycles. The first-order chi connectivity index (χ1) is 15.2. The van der Waals surface area contributed by atoms with Gasteiger partial charge in [0.15, 0.2) is 0 Å². The molecule has 2 unspecified atom stereocenters. The average Bonchev–Trinajstić information content (AvgIpc) is 3.02. The van der Waals surface area contributed by atoms with Crippen LogP contribution < -0.4 is 0 Å². The first kappa shape index (κ1) is 23.5. The van der Waals surface area contributed by atoms with Crippen LogP contribution in [0.25, 0.3) is 10.9 Å². The van der Waals surface area contributed by atoms with Crippen LogP contribution in [0.5, 0.6) is 0 Å². The van der Waals surface area contributed by atoms with Gasteiger partial charge in [-0.05, 0) is 45.0 Å². The molecule has 172 valence electrons. The van der Waals surface area contributed by atoms with E-state index in [9.17, 15) is 18.8 Å². The van der Waals surface area contributed by atoms with Gasteiger partial charge in [-0.25, -0.2) is 18.8 Å². The molecule has 4 rings (SSSR count). The second-order valence-electron chi connectivity index (χ2n) is 8.23. The number of carbonyl (C=O) groups is 3. The highest BCUT2D eigenvalue weighted by atomic mass is 19.1. The monoisotopic (exact) mass is 446 g/mol. The van der Waals surface area contributed by atoms with Gasteiger partial charge in [0, 0.05) is 53.7 Å². The Hall–Kier alpha value is -3.20. The number of H-pyrrole nitrogens is 1. The van der Waals surface area contributed by atoms with Crippen molar-refractivity contribution in [2.75, 3.05) is 7.05 Å². The molecule has 0 saturated carbocycles. The number of piperidine rings is 2. The summed E-state index contributed by atoms with van der Waals surface area (Å²) in [5.74, 6) is -3.19. The van der Waals surface area contributed by atoms with Crippen molar-refractivity contribution in [3.63, 3.8) is 0 Å². The highest BCUT2D eigenvalue weighted by molar-refractivity contribution is 6.05. The summed E-state index contributed by atoms with van der Waals surface area (Å²) in [7, 11) is 2.18. The lowest BCUT2D eigenvalue weighted by Gasteiger charge is -2.46. The summed E-state index contributed by atoms with van der Waals surface area (Å²) in [6, 6.07) is 5.48. The van der Waals surface area contributed by atoms with Crippen LogP contribution in [0, 0.1) is 12.7 Å². The first-order valence-electron chi connectivity index (χ1n) is 10.5. The van der Waals surface area contributed by atoms with E-state index in [1.165, 1.54) is 31.4 Å². The van der Waals surface area contributed by atoms with Gasteiger partial charge in [-0.2, -0.15) is 0 Å². The lowest BCUT2D eigenvalue weighted by atomic mass is 9.83. The number of aromatic amines is 1. The van der Waals surface area contributed by atoms with E-state index in [0.29, 0.717) is 35.2 Å². The van der Waals surface area contributed by atoms with Crippen LogP contribution in [-0.2, 0) is 14.3 Å². The number of aliphatic carboxylic acids is 2. The molecule has 2 saturated heterocycles. The zero-order valence-electron chi connectivity index (χ0n) is 18.0. The van der Waals surface area contributed by atoms with E-state index >= 15 is 0 Å². The predicted octanol–water partition coefficient (Wildman–Crippen LogP) is 3.50. The van der Waals surface area contributed by atoms with Crippen molar-refractivity contribution in [2.45, 2.75) is 57.2 Å². The van der Waals surface area contributed by atoms with Gasteiger partial charge in [0.1, 0.15) is 11.9 Å². The molecule has 3 heterocycles. The fraction of sp³-hybridized carbons (Fsp3) is 0.435. The van der Waals surface area contributed by atoms with E-state index in [1.807, 2.05) is 6.92 Å². The Morgan fingerprint density at radius 1 is 1.12 bits per heavy atom. The zero-order valence-corrected chi connectivity index (χ0v) is 18.0. The second-order valence-corrected chi connectivity index (χ2v) is 8.23. The van der Waals surface area contributed by atoms with Crippen molar-refractivity contribution in [2.24, 2.45) is 0 Å². The molecule has 2 aliphatic rings. The number of hydrogen-bond donors (Lipinski definition) is 3. The Morgan fingerprint density at radius 3 is 2.28 bits per heavy atom.